The molecule has 0 aliphatic carbocycles. The molecule has 0 aliphatic heterocycles. The Kier molecular flexibility index (Phi) is 9.59. The van der Waals surface area contributed by atoms with Gasteiger partial charge < -0.3 is 10.4 Å². The predicted octanol–water partition coefficient (Wildman–Crippen LogP) is 1.35. The highest BCUT2D eigenvalue weighted by Gasteiger charge is 2.08. The summed E-state index contributed by atoms with van der Waals surface area (Å²) in [5.74, 6) is 1.30. The average molecular weight is 228 g/mol. The van der Waals surface area contributed by atoms with Crippen molar-refractivity contribution < 1.29 is 5.11 Å². The van der Waals surface area contributed by atoms with Crippen LogP contribution in [0.3, 0.4) is 0 Å². The van der Waals surface area contributed by atoms with Crippen molar-refractivity contribution in [3.63, 3.8) is 0 Å². The maximum Gasteiger partial charge on any atom is 0.0558 e. The molecule has 3 heteroatoms. The summed E-state index contributed by atoms with van der Waals surface area (Å²) in [4.78, 5) is 2.23. The van der Waals surface area contributed by atoms with Crippen LogP contribution in [0.2, 0.25) is 0 Å². The molecule has 0 amide bonds. The fourth-order valence-corrected chi connectivity index (χ4v) is 1.70. The van der Waals surface area contributed by atoms with Crippen LogP contribution in [0, 0.1) is 11.8 Å². The summed E-state index contributed by atoms with van der Waals surface area (Å²) < 4.78 is 0. The molecule has 0 saturated heterocycles. The normalized spacial score (nSPS) is 13.4. The summed E-state index contributed by atoms with van der Waals surface area (Å²) >= 11 is 0. The van der Waals surface area contributed by atoms with Crippen LogP contribution in [0.25, 0.3) is 0 Å². The zero-order valence-corrected chi connectivity index (χ0v) is 11.1. The van der Waals surface area contributed by atoms with E-state index < -0.39 is 0 Å². The minimum Gasteiger partial charge on any atom is -0.395 e. The van der Waals surface area contributed by atoms with E-state index in [9.17, 15) is 0 Å². The van der Waals surface area contributed by atoms with Crippen LogP contribution in [0.15, 0.2) is 12.7 Å². The van der Waals surface area contributed by atoms with Crippen LogP contribution < -0.4 is 5.32 Å². The molecule has 0 bridgehead atoms. The van der Waals surface area contributed by atoms with Gasteiger partial charge >= 0.3 is 0 Å². The first kappa shape index (κ1) is 15.6. The van der Waals surface area contributed by atoms with Crippen molar-refractivity contribution in [1.82, 2.24) is 10.2 Å². The maximum atomic E-state index is 8.93. The monoisotopic (exact) mass is 228 g/mol. The SMILES string of the molecule is C=CCN(CCO)CC(C)CNCC(C)C. The van der Waals surface area contributed by atoms with Gasteiger partial charge in [-0.2, -0.15) is 0 Å². The second kappa shape index (κ2) is 9.82. The van der Waals surface area contributed by atoms with E-state index in [2.05, 4.69) is 37.6 Å². The summed E-state index contributed by atoms with van der Waals surface area (Å²) in [6.07, 6.45) is 1.89. The molecule has 0 fully saturated rings. The van der Waals surface area contributed by atoms with Crippen LogP contribution in [0.4, 0.5) is 0 Å². The lowest BCUT2D eigenvalue weighted by atomic mass is 10.1. The Labute approximate surface area is 101 Å². The van der Waals surface area contributed by atoms with Crippen LogP contribution in [-0.4, -0.2) is 49.3 Å². The van der Waals surface area contributed by atoms with E-state index in [0.29, 0.717) is 11.8 Å². The Morgan fingerprint density at radius 2 is 2.00 bits per heavy atom. The highest BCUT2D eigenvalue weighted by Crippen LogP contribution is 1.99. The zero-order chi connectivity index (χ0) is 12.4. The van der Waals surface area contributed by atoms with E-state index in [1.165, 1.54) is 0 Å². The van der Waals surface area contributed by atoms with Gasteiger partial charge in [0.25, 0.3) is 0 Å². The van der Waals surface area contributed by atoms with Crippen molar-refractivity contribution in [3.05, 3.63) is 12.7 Å². The Hall–Kier alpha value is -0.380. The van der Waals surface area contributed by atoms with E-state index in [1.54, 1.807) is 0 Å². The van der Waals surface area contributed by atoms with E-state index in [-0.39, 0.29) is 6.61 Å². The van der Waals surface area contributed by atoms with E-state index in [1.807, 2.05) is 6.08 Å². The number of aliphatic hydroxyl groups excluding tert-OH is 1. The number of hydrogen-bond acceptors (Lipinski definition) is 3. The number of nitrogens with zero attached hydrogens (tertiary/aromatic N) is 1. The van der Waals surface area contributed by atoms with Crippen molar-refractivity contribution in [1.29, 1.82) is 0 Å². The number of nitrogens with one attached hydrogen (secondary N) is 1. The molecule has 16 heavy (non-hydrogen) atoms. The Bertz CT molecular complexity index is 171. The van der Waals surface area contributed by atoms with E-state index in [0.717, 1.165) is 32.7 Å². The topological polar surface area (TPSA) is 35.5 Å². The molecule has 3 nitrogen and oxygen atoms in total. The molecule has 0 aromatic heterocycles. The largest absolute Gasteiger partial charge is 0.395 e. The van der Waals surface area contributed by atoms with Crippen molar-refractivity contribution in [2.45, 2.75) is 20.8 Å². The highest BCUT2D eigenvalue weighted by atomic mass is 16.3. The third-order valence-corrected chi connectivity index (χ3v) is 2.42. The Morgan fingerprint density at radius 1 is 1.31 bits per heavy atom. The summed E-state index contributed by atoms with van der Waals surface area (Å²) in [7, 11) is 0. The molecule has 0 heterocycles. The van der Waals surface area contributed by atoms with E-state index in [4.69, 9.17) is 5.11 Å². The summed E-state index contributed by atoms with van der Waals surface area (Å²) in [5, 5.41) is 12.4. The van der Waals surface area contributed by atoms with Gasteiger partial charge in [0, 0.05) is 19.6 Å². The first-order valence-corrected chi connectivity index (χ1v) is 6.25. The standard InChI is InChI=1S/C13H28N2O/c1-5-6-15(7-8-16)11-13(4)10-14-9-12(2)3/h5,12-14,16H,1,6-11H2,2-4H3. The van der Waals surface area contributed by atoms with Gasteiger partial charge in [-0.3, -0.25) is 4.90 Å². The number of rotatable bonds is 10. The van der Waals surface area contributed by atoms with Crippen molar-refractivity contribution in [2.24, 2.45) is 11.8 Å². The third kappa shape index (κ3) is 8.89. The molecule has 0 aromatic carbocycles. The second-order valence-electron chi connectivity index (χ2n) is 4.93. The van der Waals surface area contributed by atoms with E-state index >= 15 is 0 Å². The smallest absolute Gasteiger partial charge is 0.0558 e. The fourth-order valence-electron chi connectivity index (χ4n) is 1.70. The molecular weight excluding hydrogens is 200 g/mol. The molecule has 0 rings (SSSR count). The Morgan fingerprint density at radius 3 is 2.50 bits per heavy atom. The summed E-state index contributed by atoms with van der Waals surface area (Å²) in [6.45, 7) is 15.3. The molecule has 0 saturated carbocycles. The summed E-state index contributed by atoms with van der Waals surface area (Å²) in [5.41, 5.74) is 0. The molecular formula is C13H28N2O. The molecule has 1 atom stereocenters. The first-order chi connectivity index (χ1) is 7.60. The fraction of sp³-hybridized carbons (Fsp3) is 0.846. The van der Waals surface area contributed by atoms with Crippen LogP contribution in [0.5, 0.6) is 0 Å². The molecule has 96 valence electrons. The minimum absolute atomic E-state index is 0.222. The lowest BCUT2D eigenvalue weighted by molar-refractivity contribution is 0.190. The van der Waals surface area contributed by atoms with Crippen LogP contribution in [-0.2, 0) is 0 Å². The molecule has 0 aromatic rings. The summed E-state index contributed by atoms with van der Waals surface area (Å²) in [6, 6.07) is 0. The van der Waals surface area contributed by atoms with Gasteiger partial charge in [-0.05, 0) is 24.9 Å². The van der Waals surface area contributed by atoms with Gasteiger partial charge in [-0.25, -0.2) is 0 Å². The third-order valence-electron chi connectivity index (χ3n) is 2.42. The van der Waals surface area contributed by atoms with Gasteiger partial charge in [-0.1, -0.05) is 26.8 Å². The zero-order valence-electron chi connectivity index (χ0n) is 11.1. The maximum absolute atomic E-state index is 8.93. The second-order valence-corrected chi connectivity index (χ2v) is 4.93. The molecule has 1 unspecified atom stereocenters. The highest BCUT2D eigenvalue weighted by molar-refractivity contribution is 4.75. The van der Waals surface area contributed by atoms with Crippen LogP contribution >= 0.6 is 0 Å². The van der Waals surface area contributed by atoms with Crippen LogP contribution in [0.1, 0.15) is 20.8 Å². The van der Waals surface area contributed by atoms with Gasteiger partial charge in [0.15, 0.2) is 0 Å². The average Bonchev–Trinajstić information content (AvgIpc) is 2.17. The lowest BCUT2D eigenvalue weighted by Gasteiger charge is -2.24. The number of aliphatic hydroxyl groups is 1. The van der Waals surface area contributed by atoms with Gasteiger partial charge in [0.05, 0.1) is 6.61 Å². The lowest BCUT2D eigenvalue weighted by Crippen LogP contribution is -2.36. The number of hydrogen-bond donors (Lipinski definition) is 2. The van der Waals surface area contributed by atoms with Crippen molar-refractivity contribution in [3.8, 4) is 0 Å². The quantitative estimate of drug-likeness (QED) is 0.554. The van der Waals surface area contributed by atoms with Gasteiger partial charge in [0.2, 0.25) is 0 Å². The van der Waals surface area contributed by atoms with Crippen molar-refractivity contribution >= 4 is 0 Å². The predicted molar refractivity (Wildman–Crippen MR) is 70.6 cm³/mol. The Balaban J connectivity index is 3.71. The van der Waals surface area contributed by atoms with Gasteiger partial charge in [0.1, 0.15) is 0 Å². The van der Waals surface area contributed by atoms with Gasteiger partial charge in [-0.15, -0.1) is 6.58 Å². The van der Waals surface area contributed by atoms with Crippen molar-refractivity contribution in [2.75, 3.05) is 39.3 Å². The molecule has 2 N–H and O–H groups in total. The molecule has 0 radical (unpaired) electrons. The molecule has 0 aliphatic rings. The minimum atomic E-state index is 0.222. The molecule has 0 spiro atoms. The first-order valence-electron chi connectivity index (χ1n) is 6.25.